The average molecular weight is 393 g/mol. The number of halogens is 1. The molecule has 120 valence electrons. The molecule has 1 aliphatic carbocycles. The number of carbonyl (C=O) groups is 2. The maximum absolute atomic E-state index is 12.5. The number of amides is 2. The Bertz CT molecular complexity index is 770. The van der Waals surface area contributed by atoms with E-state index in [0.717, 1.165) is 35.7 Å². The monoisotopic (exact) mass is 392 g/mol. The first-order valence-corrected chi connectivity index (χ1v) is 9.15. The molecular formula is C17H17BrN2O2S. The number of fused-ring (bicyclic) bond motifs is 1. The van der Waals surface area contributed by atoms with Gasteiger partial charge in [0.25, 0.3) is 11.8 Å². The van der Waals surface area contributed by atoms with E-state index in [-0.39, 0.29) is 11.8 Å². The molecule has 1 aromatic heterocycles. The van der Waals surface area contributed by atoms with Crippen LogP contribution in [0, 0.1) is 0 Å². The summed E-state index contributed by atoms with van der Waals surface area (Å²) in [5.41, 5.74) is 2.29. The highest BCUT2D eigenvalue weighted by molar-refractivity contribution is 9.10. The Morgan fingerprint density at radius 2 is 1.87 bits per heavy atom. The lowest BCUT2D eigenvalue weighted by atomic mass is 9.95. The molecule has 2 N–H and O–H groups in total. The highest BCUT2D eigenvalue weighted by atomic mass is 79.9. The van der Waals surface area contributed by atoms with Crippen molar-refractivity contribution in [1.29, 1.82) is 0 Å². The van der Waals surface area contributed by atoms with Crippen LogP contribution in [-0.2, 0) is 12.8 Å². The third kappa shape index (κ3) is 3.19. The first kappa shape index (κ1) is 16.2. The van der Waals surface area contributed by atoms with Crippen molar-refractivity contribution in [2.75, 3.05) is 12.4 Å². The van der Waals surface area contributed by atoms with Gasteiger partial charge in [0.05, 0.1) is 11.1 Å². The molecule has 4 nitrogen and oxygen atoms in total. The van der Waals surface area contributed by atoms with Crippen LogP contribution in [0.1, 0.15) is 44.0 Å². The molecule has 0 radical (unpaired) electrons. The Morgan fingerprint density at radius 3 is 2.61 bits per heavy atom. The minimum absolute atomic E-state index is 0.133. The molecule has 0 aliphatic heterocycles. The molecule has 0 saturated carbocycles. The molecule has 1 aromatic carbocycles. The topological polar surface area (TPSA) is 58.2 Å². The third-order valence-corrected chi connectivity index (χ3v) is 5.87. The Hall–Kier alpha value is -1.66. The minimum atomic E-state index is -0.207. The van der Waals surface area contributed by atoms with Gasteiger partial charge in [-0.1, -0.05) is 12.1 Å². The number of nitrogens with one attached hydrogen (secondary N) is 2. The molecule has 0 fully saturated rings. The smallest absolute Gasteiger partial charge is 0.257 e. The molecule has 0 saturated heterocycles. The maximum Gasteiger partial charge on any atom is 0.257 e. The van der Waals surface area contributed by atoms with Crippen molar-refractivity contribution in [2.45, 2.75) is 25.7 Å². The fourth-order valence-electron chi connectivity index (χ4n) is 2.83. The van der Waals surface area contributed by atoms with Gasteiger partial charge in [-0.25, -0.2) is 0 Å². The van der Waals surface area contributed by atoms with Crippen LogP contribution < -0.4 is 10.6 Å². The van der Waals surface area contributed by atoms with E-state index in [4.69, 9.17) is 0 Å². The molecule has 3 rings (SSSR count). The lowest BCUT2D eigenvalue weighted by Gasteiger charge is -2.12. The van der Waals surface area contributed by atoms with E-state index in [1.54, 1.807) is 13.1 Å². The van der Waals surface area contributed by atoms with E-state index in [2.05, 4.69) is 26.6 Å². The number of rotatable bonds is 3. The Kier molecular flexibility index (Phi) is 4.82. The lowest BCUT2D eigenvalue weighted by molar-refractivity contribution is 0.0963. The van der Waals surface area contributed by atoms with Gasteiger partial charge < -0.3 is 10.6 Å². The van der Waals surface area contributed by atoms with Crippen LogP contribution in [0.25, 0.3) is 0 Å². The van der Waals surface area contributed by atoms with Gasteiger partial charge in [0.2, 0.25) is 0 Å². The fourth-order valence-corrected chi connectivity index (χ4v) is 4.58. The van der Waals surface area contributed by atoms with Crippen molar-refractivity contribution in [1.82, 2.24) is 5.32 Å². The number of hydrogen-bond acceptors (Lipinski definition) is 3. The molecule has 2 amide bonds. The van der Waals surface area contributed by atoms with Gasteiger partial charge in [-0.3, -0.25) is 9.59 Å². The molecule has 0 unspecified atom stereocenters. The molecule has 23 heavy (non-hydrogen) atoms. The van der Waals surface area contributed by atoms with Crippen LogP contribution in [0.2, 0.25) is 0 Å². The summed E-state index contributed by atoms with van der Waals surface area (Å²) < 4.78 is 0.736. The second-order valence-electron chi connectivity index (χ2n) is 5.43. The lowest BCUT2D eigenvalue weighted by Crippen LogP contribution is -2.22. The van der Waals surface area contributed by atoms with Crippen molar-refractivity contribution in [3.63, 3.8) is 0 Å². The second-order valence-corrected chi connectivity index (χ2v) is 7.39. The predicted molar refractivity (Wildman–Crippen MR) is 96.4 cm³/mol. The number of anilines is 1. The van der Waals surface area contributed by atoms with Gasteiger partial charge in [-0.05, 0) is 59.3 Å². The van der Waals surface area contributed by atoms with E-state index >= 15 is 0 Å². The van der Waals surface area contributed by atoms with Gasteiger partial charge in [-0.15, -0.1) is 11.3 Å². The SMILES string of the molecule is CNC(=O)c1c(NC(=O)c2ccccc2Br)sc2c1CCCC2. The summed E-state index contributed by atoms with van der Waals surface area (Å²) in [7, 11) is 1.62. The van der Waals surface area contributed by atoms with Gasteiger partial charge in [0.15, 0.2) is 0 Å². The van der Waals surface area contributed by atoms with Crippen LogP contribution in [0.5, 0.6) is 0 Å². The van der Waals surface area contributed by atoms with Crippen LogP contribution >= 0.6 is 27.3 Å². The molecule has 6 heteroatoms. The zero-order valence-corrected chi connectivity index (χ0v) is 15.1. The summed E-state index contributed by atoms with van der Waals surface area (Å²) in [5, 5.41) is 6.27. The summed E-state index contributed by atoms with van der Waals surface area (Å²) >= 11 is 4.92. The second kappa shape index (κ2) is 6.84. The summed E-state index contributed by atoms with van der Waals surface area (Å²) in [5.74, 6) is -0.340. The normalized spacial score (nSPS) is 13.3. The number of carbonyl (C=O) groups excluding carboxylic acids is 2. The highest BCUT2D eigenvalue weighted by Crippen LogP contribution is 2.38. The van der Waals surface area contributed by atoms with E-state index in [1.807, 2.05) is 18.2 Å². The van der Waals surface area contributed by atoms with Crippen molar-refractivity contribution < 1.29 is 9.59 Å². The Balaban J connectivity index is 1.96. The third-order valence-electron chi connectivity index (χ3n) is 3.97. The summed E-state index contributed by atoms with van der Waals surface area (Å²) in [6.45, 7) is 0. The Labute approximate surface area is 147 Å². The van der Waals surface area contributed by atoms with Crippen molar-refractivity contribution >= 4 is 44.1 Å². The first-order chi connectivity index (χ1) is 11.1. The first-order valence-electron chi connectivity index (χ1n) is 7.54. The maximum atomic E-state index is 12.5. The van der Waals surface area contributed by atoms with E-state index in [9.17, 15) is 9.59 Å². The average Bonchev–Trinajstić information content (AvgIpc) is 2.92. The van der Waals surface area contributed by atoms with Gasteiger partial charge in [0, 0.05) is 16.4 Å². The molecule has 0 atom stereocenters. The molecule has 1 heterocycles. The predicted octanol–water partition coefficient (Wildman–Crippen LogP) is 4.00. The molecule has 1 aliphatic rings. The summed E-state index contributed by atoms with van der Waals surface area (Å²) in [4.78, 5) is 26.1. The summed E-state index contributed by atoms with van der Waals surface area (Å²) in [6, 6.07) is 7.26. The summed E-state index contributed by atoms with van der Waals surface area (Å²) in [6.07, 6.45) is 4.11. The van der Waals surface area contributed by atoms with Crippen molar-refractivity contribution in [3.05, 3.63) is 50.3 Å². The molecular weight excluding hydrogens is 376 g/mol. The van der Waals surface area contributed by atoms with Gasteiger partial charge in [-0.2, -0.15) is 0 Å². The fraction of sp³-hybridized carbons (Fsp3) is 0.294. The number of hydrogen-bond donors (Lipinski definition) is 2. The number of thiophene rings is 1. The standard InChI is InChI=1S/C17H17BrN2O2S/c1-19-16(22)14-11-7-3-5-9-13(11)23-17(14)20-15(21)10-6-2-4-8-12(10)18/h2,4,6,8H,3,5,7,9H2,1H3,(H,19,22)(H,20,21). The van der Waals surface area contributed by atoms with Crippen LogP contribution in [0.4, 0.5) is 5.00 Å². The quantitative estimate of drug-likeness (QED) is 0.828. The molecule has 2 aromatic rings. The largest absolute Gasteiger partial charge is 0.355 e. The molecule has 0 spiro atoms. The van der Waals surface area contributed by atoms with E-state index < -0.39 is 0 Å². The minimum Gasteiger partial charge on any atom is -0.355 e. The Morgan fingerprint density at radius 1 is 1.13 bits per heavy atom. The van der Waals surface area contributed by atoms with E-state index in [0.29, 0.717) is 16.1 Å². The van der Waals surface area contributed by atoms with Crippen LogP contribution in [-0.4, -0.2) is 18.9 Å². The zero-order valence-electron chi connectivity index (χ0n) is 12.7. The highest BCUT2D eigenvalue weighted by Gasteiger charge is 2.26. The van der Waals surface area contributed by atoms with Crippen LogP contribution in [0.3, 0.4) is 0 Å². The van der Waals surface area contributed by atoms with Crippen molar-refractivity contribution in [3.8, 4) is 0 Å². The van der Waals surface area contributed by atoms with Crippen molar-refractivity contribution in [2.24, 2.45) is 0 Å². The van der Waals surface area contributed by atoms with E-state index in [1.165, 1.54) is 16.2 Å². The number of aryl methyl sites for hydroxylation is 1. The molecule has 0 bridgehead atoms. The van der Waals surface area contributed by atoms with Gasteiger partial charge in [0.1, 0.15) is 5.00 Å². The van der Waals surface area contributed by atoms with Gasteiger partial charge >= 0.3 is 0 Å². The van der Waals surface area contributed by atoms with Crippen LogP contribution in [0.15, 0.2) is 28.7 Å². The number of benzene rings is 1. The zero-order chi connectivity index (χ0) is 16.4.